The van der Waals surface area contributed by atoms with Crippen LogP contribution < -0.4 is 10.1 Å². The molecule has 8 heteroatoms. The molecule has 1 heterocycles. The van der Waals surface area contributed by atoms with E-state index in [1.165, 1.54) is 12.1 Å². The predicted molar refractivity (Wildman–Crippen MR) is 76.2 cm³/mol. The van der Waals surface area contributed by atoms with Crippen LogP contribution in [-0.2, 0) is 11.3 Å². The molecule has 0 aliphatic rings. The molecule has 1 N–H and O–H groups in total. The van der Waals surface area contributed by atoms with Crippen LogP contribution in [0.2, 0.25) is 0 Å². The van der Waals surface area contributed by atoms with Crippen molar-refractivity contribution in [2.24, 2.45) is 0 Å². The van der Waals surface area contributed by atoms with Crippen molar-refractivity contribution in [1.82, 2.24) is 9.78 Å². The van der Waals surface area contributed by atoms with Crippen LogP contribution in [0.1, 0.15) is 6.42 Å². The third-order valence-corrected chi connectivity index (χ3v) is 2.96. The van der Waals surface area contributed by atoms with Gasteiger partial charge in [-0.2, -0.15) is 13.9 Å². The van der Waals surface area contributed by atoms with E-state index in [0.29, 0.717) is 6.54 Å². The molecule has 0 bridgehead atoms. The van der Waals surface area contributed by atoms with Crippen LogP contribution in [0, 0.1) is 0 Å². The van der Waals surface area contributed by atoms with E-state index in [4.69, 9.17) is 0 Å². The molecule has 21 heavy (non-hydrogen) atoms. The molecule has 0 spiro atoms. The highest BCUT2D eigenvalue weighted by molar-refractivity contribution is 9.10. The summed E-state index contributed by atoms with van der Waals surface area (Å²) < 4.78 is 31.3. The first-order valence-electron chi connectivity index (χ1n) is 6.06. The van der Waals surface area contributed by atoms with Gasteiger partial charge < -0.3 is 10.1 Å². The molecule has 1 aromatic carbocycles. The fourth-order valence-electron chi connectivity index (χ4n) is 1.66. The molecule has 0 saturated heterocycles. The number of para-hydroxylation sites is 2. The molecule has 0 atom stereocenters. The van der Waals surface area contributed by atoms with E-state index in [1.54, 1.807) is 29.2 Å². The standard InChI is InChI=1S/C13H12BrF2N3O2/c14-9-7-17-19(8-9)6-5-12(20)18-10-3-1-2-4-11(10)21-13(15)16/h1-4,7-8,13H,5-6H2,(H,18,20). The Kier molecular flexibility index (Phi) is 5.26. The molecule has 0 fully saturated rings. The lowest BCUT2D eigenvalue weighted by molar-refractivity contribution is -0.116. The lowest BCUT2D eigenvalue weighted by Gasteiger charge is -2.11. The second-order valence-electron chi connectivity index (χ2n) is 4.09. The number of hydrogen-bond donors (Lipinski definition) is 1. The first-order chi connectivity index (χ1) is 10.0. The number of alkyl halides is 2. The summed E-state index contributed by atoms with van der Waals surface area (Å²) in [5.74, 6) is -0.380. The maximum atomic E-state index is 12.3. The SMILES string of the molecule is O=C(CCn1cc(Br)cn1)Nc1ccccc1OC(F)F. The Morgan fingerprint density at radius 3 is 2.86 bits per heavy atom. The molecule has 0 saturated carbocycles. The quantitative estimate of drug-likeness (QED) is 0.860. The summed E-state index contributed by atoms with van der Waals surface area (Å²) in [6, 6.07) is 6.04. The van der Waals surface area contributed by atoms with Gasteiger partial charge in [-0.15, -0.1) is 0 Å². The zero-order valence-electron chi connectivity index (χ0n) is 10.8. The first-order valence-corrected chi connectivity index (χ1v) is 6.85. The Morgan fingerprint density at radius 2 is 2.19 bits per heavy atom. The van der Waals surface area contributed by atoms with Gasteiger partial charge in [-0.25, -0.2) is 0 Å². The van der Waals surface area contributed by atoms with Crippen molar-refractivity contribution in [1.29, 1.82) is 0 Å². The third-order valence-electron chi connectivity index (χ3n) is 2.55. The molecule has 0 unspecified atom stereocenters. The normalized spacial score (nSPS) is 10.7. The molecular formula is C13H12BrF2N3O2. The van der Waals surface area contributed by atoms with Crippen LogP contribution >= 0.6 is 15.9 Å². The fraction of sp³-hybridized carbons (Fsp3) is 0.231. The molecule has 2 rings (SSSR count). The van der Waals surface area contributed by atoms with Crippen molar-refractivity contribution < 1.29 is 18.3 Å². The van der Waals surface area contributed by atoms with Crippen LogP contribution in [-0.4, -0.2) is 22.3 Å². The molecule has 0 radical (unpaired) electrons. The van der Waals surface area contributed by atoms with Crippen LogP contribution in [0.25, 0.3) is 0 Å². The summed E-state index contributed by atoms with van der Waals surface area (Å²) in [7, 11) is 0. The number of aromatic nitrogens is 2. The third kappa shape index (κ3) is 4.82. The van der Waals surface area contributed by atoms with Crippen LogP contribution in [0.3, 0.4) is 0 Å². The highest BCUT2D eigenvalue weighted by atomic mass is 79.9. The van der Waals surface area contributed by atoms with Crippen LogP contribution in [0.15, 0.2) is 41.1 Å². The van der Waals surface area contributed by atoms with E-state index in [-0.39, 0.29) is 23.8 Å². The van der Waals surface area contributed by atoms with E-state index in [0.717, 1.165) is 4.47 Å². The molecular weight excluding hydrogens is 348 g/mol. The highest BCUT2D eigenvalue weighted by Crippen LogP contribution is 2.25. The minimum atomic E-state index is -2.94. The van der Waals surface area contributed by atoms with Crippen molar-refractivity contribution in [2.45, 2.75) is 19.6 Å². The summed E-state index contributed by atoms with van der Waals surface area (Å²) in [6.07, 6.45) is 3.52. The van der Waals surface area contributed by atoms with E-state index in [2.05, 4.69) is 31.1 Å². The van der Waals surface area contributed by atoms with Crippen LogP contribution in [0.4, 0.5) is 14.5 Å². The molecule has 5 nitrogen and oxygen atoms in total. The monoisotopic (exact) mass is 359 g/mol. The van der Waals surface area contributed by atoms with Gasteiger partial charge in [0.2, 0.25) is 5.91 Å². The zero-order chi connectivity index (χ0) is 15.2. The number of nitrogens with one attached hydrogen (secondary N) is 1. The first kappa shape index (κ1) is 15.4. The van der Waals surface area contributed by atoms with Crippen molar-refractivity contribution >= 4 is 27.5 Å². The summed E-state index contributed by atoms with van der Waals surface area (Å²) in [5.41, 5.74) is 0.212. The molecule has 0 aliphatic carbocycles. The lowest BCUT2D eigenvalue weighted by Crippen LogP contribution is -2.16. The summed E-state index contributed by atoms with van der Waals surface area (Å²) in [6.45, 7) is -2.56. The number of rotatable bonds is 6. The fourth-order valence-corrected chi connectivity index (χ4v) is 1.99. The second kappa shape index (κ2) is 7.16. The molecule has 1 aromatic heterocycles. The maximum Gasteiger partial charge on any atom is 0.387 e. The number of nitrogens with zero attached hydrogens (tertiary/aromatic N) is 2. The smallest absolute Gasteiger partial charge is 0.387 e. The number of anilines is 1. The average Bonchev–Trinajstić information content (AvgIpc) is 2.84. The number of carbonyl (C=O) groups is 1. The number of benzene rings is 1. The Morgan fingerprint density at radius 1 is 1.43 bits per heavy atom. The number of carbonyl (C=O) groups excluding carboxylic acids is 1. The van der Waals surface area contributed by atoms with Gasteiger partial charge in [0.15, 0.2) is 0 Å². The van der Waals surface area contributed by atoms with Gasteiger partial charge in [-0.05, 0) is 28.1 Å². The lowest BCUT2D eigenvalue weighted by atomic mass is 10.3. The zero-order valence-corrected chi connectivity index (χ0v) is 12.4. The Bertz CT molecular complexity index is 619. The van der Waals surface area contributed by atoms with Crippen molar-refractivity contribution in [3.63, 3.8) is 0 Å². The van der Waals surface area contributed by atoms with Gasteiger partial charge in [0.1, 0.15) is 5.75 Å². The average molecular weight is 360 g/mol. The van der Waals surface area contributed by atoms with Gasteiger partial charge in [0, 0.05) is 19.2 Å². The Labute approximate surface area is 128 Å². The topological polar surface area (TPSA) is 56.2 Å². The molecule has 1 amide bonds. The largest absolute Gasteiger partial charge is 0.433 e. The van der Waals surface area contributed by atoms with Gasteiger partial charge in [-0.3, -0.25) is 9.48 Å². The molecule has 0 aliphatic heterocycles. The van der Waals surface area contributed by atoms with Gasteiger partial charge in [-0.1, -0.05) is 12.1 Å². The Balaban J connectivity index is 1.93. The molecule has 112 valence electrons. The van der Waals surface area contributed by atoms with E-state index >= 15 is 0 Å². The van der Waals surface area contributed by atoms with Gasteiger partial charge >= 0.3 is 6.61 Å². The number of ether oxygens (including phenoxy) is 1. The number of hydrogen-bond acceptors (Lipinski definition) is 3. The van der Waals surface area contributed by atoms with Crippen molar-refractivity contribution in [3.8, 4) is 5.75 Å². The second-order valence-corrected chi connectivity index (χ2v) is 5.01. The van der Waals surface area contributed by atoms with E-state index in [9.17, 15) is 13.6 Å². The minimum absolute atomic E-state index is 0.0670. The Hall–Kier alpha value is -1.96. The summed E-state index contributed by atoms with van der Waals surface area (Å²) in [5, 5.41) is 6.56. The summed E-state index contributed by atoms with van der Waals surface area (Å²) in [4.78, 5) is 11.8. The highest BCUT2D eigenvalue weighted by Gasteiger charge is 2.11. The minimum Gasteiger partial charge on any atom is -0.433 e. The van der Waals surface area contributed by atoms with Gasteiger partial charge in [0.05, 0.1) is 16.4 Å². The van der Waals surface area contributed by atoms with E-state index in [1.807, 2.05) is 0 Å². The van der Waals surface area contributed by atoms with Crippen molar-refractivity contribution in [2.75, 3.05) is 5.32 Å². The number of halogens is 3. The van der Waals surface area contributed by atoms with Crippen molar-refractivity contribution in [3.05, 3.63) is 41.1 Å². The van der Waals surface area contributed by atoms with E-state index < -0.39 is 6.61 Å². The maximum absolute atomic E-state index is 12.3. The number of aryl methyl sites for hydroxylation is 1. The summed E-state index contributed by atoms with van der Waals surface area (Å²) >= 11 is 3.25. The molecule has 2 aromatic rings. The van der Waals surface area contributed by atoms with Crippen LogP contribution in [0.5, 0.6) is 5.75 Å². The van der Waals surface area contributed by atoms with Gasteiger partial charge in [0.25, 0.3) is 0 Å². The predicted octanol–water partition coefficient (Wildman–Crippen LogP) is 3.28. The number of amides is 1.